The fraction of sp³-hybridized carbons (Fsp3) is 0.410. The van der Waals surface area contributed by atoms with Crippen LogP contribution in [0.1, 0.15) is 98.2 Å². The summed E-state index contributed by atoms with van der Waals surface area (Å²) in [5, 5.41) is 21.0. The highest BCUT2D eigenvalue weighted by Crippen LogP contribution is 2.32. The molecule has 0 bridgehead atoms. The minimum atomic E-state index is -0.876. The lowest BCUT2D eigenvalue weighted by molar-refractivity contribution is -0.138. The fourth-order valence-electron chi connectivity index (χ4n) is 5.67. The highest BCUT2D eigenvalue weighted by atomic mass is 16.5. The summed E-state index contributed by atoms with van der Waals surface area (Å²) < 4.78 is 23.8. The van der Waals surface area contributed by atoms with Crippen LogP contribution in [0.25, 0.3) is 5.76 Å². The van der Waals surface area contributed by atoms with Crippen LogP contribution in [0.15, 0.2) is 78.5 Å². The number of carboxylic acids is 2. The number of carbonyl (C=O) groups excluding carboxylic acids is 1. The van der Waals surface area contributed by atoms with Gasteiger partial charge in [-0.05, 0) is 87.3 Å². The number of aryl methyl sites for hydroxylation is 1. The van der Waals surface area contributed by atoms with Gasteiger partial charge < -0.3 is 34.5 Å². The SMILES string of the molecule is CCNC(=O)c1cc(OCCCCCCc2cccc(OCCCC(=O)O)c2CCC(=O)O)cc(C2=COC=C(CC3=CC=CCC3)O2)c1. The van der Waals surface area contributed by atoms with Crippen molar-refractivity contribution in [3.05, 3.63) is 101 Å². The molecule has 1 aliphatic heterocycles. The van der Waals surface area contributed by atoms with Crippen molar-refractivity contribution in [2.24, 2.45) is 0 Å². The maximum atomic E-state index is 12.8. The van der Waals surface area contributed by atoms with E-state index in [1.807, 2.05) is 31.2 Å². The standard InChI is InChI=1S/C39H47NO9/c1-2-40-39(45)31-23-30(36-27-46-26-33(49-36)22-28-12-6-5-7-13-28)24-32(25-31)47-20-9-4-3-8-14-29-15-10-16-35(34(29)18-19-38(43)44)48-21-11-17-37(41)42/h5-6,10,12,15-16,23-27H,2-4,7-9,11,13-14,17-22H2,1H3,(H,40,45)(H,41,42)(H,43,44). The summed E-state index contributed by atoms with van der Waals surface area (Å²) in [6, 6.07) is 11.1. The molecule has 1 amide bonds. The molecule has 0 aromatic heterocycles. The van der Waals surface area contributed by atoms with Gasteiger partial charge in [0.15, 0.2) is 5.76 Å². The number of amides is 1. The van der Waals surface area contributed by atoms with E-state index in [0.717, 1.165) is 56.1 Å². The second kappa shape index (κ2) is 19.7. The van der Waals surface area contributed by atoms with E-state index >= 15 is 0 Å². The van der Waals surface area contributed by atoms with Crippen molar-refractivity contribution in [2.45, 2.75) is 84.0 Å². The van der Waals surface area contributed by atoms with Crippen molar-refractivity contribution in [1.82, 2.24) is 5.32 Å². The molecular formula is C39H47NO9. The van der Waals surface area contributed by atoms with Crippen LogP contribution in [-0.4, -0.2) is 47.8 Å². The van der Waals surface area contributed by atoms with Gasteiger partial charge in [0.05, 0.1) is 13.2 Å². The Morgan fingerprint density at radius 3 is 2.49 bits per heavy atom. The molecule has 1 heterocycles. The Balaban J connectivity index is 1.29. The predicted octanol–water partition coefficient (Wildman–Crippen LogP) is 7.73. The van der Waals surface area contributed by atoms with Crippen molar-refractivity contribution in [3.63, 3.8) is 0 Å². The quantitative estimate of drug-likeness (QED) is 0.114. The molecule has 0 spiro atoms. The van der Waals surface area contributed by atoms with Gasteiger partial charge in [0.25, 0.3) is 5.91 Å². The number of carbonyl (C=O) groups is 3. The van der Waals surface area contributed by atoms with Crippen LogP contribution in [0.3, 0.4) is 0 Å². The minimum absolute atomic E-state index is 0.00670. The normalized spacial score (nSPS) is 13.7. The van der Waals surface area contributed by atoms with Gasteiger partial charge in [0, 0.05) is 36.9 Å². The molecule has 0 saturated heterocycles. The molecule has 4 rings (SSSR count). The highest BCUT2D eigenvalue weighted by Gasteiger charge is 2.18. The summed E-state index contributed by atoms with van der Waals surface area (Å²) in [6.07, 6.45) is 17.2. The fourth-order valence-corrected chi connectivity index (χ4v) is 5.67. The molecule has 0 atom stereocenters. The van der Waals surface area contributed by atoms with Crippen LogP contribution in [0.4, 0.5) is 0 Å². The molecule has 0 fully saturated rings. The first-order valence-electron chi connectivity index (χ1n) is 17.1. The molecule has 0 unspecified atom stereocenters. The Bertz CT molecular complexity index is 1570. The van der Waals surface area contributed by atoms with E-state index in [1.165, 1.54) is 11.8 Å². The third kappa shape index (κ3) is 12.5. The number of nitrogens with one attached hydrogen (secondary N) is 1. The lowest BCUT2D eigenvalue weighted by Gasteiger charge is -2.19. The molecule has 10 heteroatoms. The summed E-state index contributed by atoms with van der Waals surface area (Å²) in [4.78, 5) is 34.9. The molecule has 0 saturated carbocycles. The molecule has 49 heavy (non-hydrogen) atoms. The lowest BCUT2D eigenvalue weighted by atomic mass is 9.97. The summed E-state index contributed by atoms with van der Waals surface area (Å²) >= 11 is 0. The van der Waals surface area contributed by atoms with Gasteiger partial charge in [-0.15, -0.1) is 0 Å². The number of unbranched alkanes of at least 4 members (excludes halogenated alkanes) is 3. The average molecular weight is 674 g/mol. The van der Waals surface area contributed by atoms with Crippen LogP contribution in [0, 0.1) is 0 Å². The third-order valence-corrected chi connectivity index (χ3v) is 8.13. The van der Waals surface area contributed by atoms with Crippen LogP contribution < -0.4 is 14.8 Å². The Morgan fingerprint density at radius 1 is 0.898 bits per heavy atom. The van der Waals surface area contributed by atoms with E-state index in [-0.39, 0.29) is 25.4 Å². The zero-order chi connectivity index (χ0) is 34.8. The van der Waals surface area contributed by atoms with E-state index in [4.69, 9.17) is 24.1 Å². The van der Waals surface area contributed by atoms with Crippen molar-refractivity contribution < 1.29 is 43.5 Å². The lowest BCUT2D eigenvalue weighted by Crippen LogP contribution is -2.22. The monoisotopic (exact) mass is 673 g/mol. The maximum Gasteiger partial charge on any atom is 0.303 e. The third-order valence-electron chi connectivity index (χ3n) is 8.13. The van der Waals surface area contributed by atoms with Crippen LogP contribution in [-0.2, 0) is 31.9 Å². The highest BCUT2D eigenvalue weighted by molar-refractivity contribution is 5.95. The Labute approximate surface area is 288 Å². The van der Waals surface area contributed by atoms with Gasteiger partial charge in [0.1, 0.15) is 29.8 Å². The molecule has 1 aliphatic carbocycles. The minimum Gasteiger partial charge on any atom is -0.494 e. The van der Waals surface area contributed by atoms with Gasteiger partial charge in [0.2, 0.25) is 0 Å². The largest absolute Gasteiger partial charge is 0.494 e. The Kier molecular flexibility index (Phi) is 14.8. The molecule has 2 aliphatic rings. The zero-order valence-electron chi connectivity index (χ0n) is 28.2. The second-order valence-electron chi connectivity index (χ2n) is 12.0. The first-order valence-corrected chi connectivity index (χ1v) is 17.1. The van der Waals surface area contributed by atoms with Crippen molar-refractivity contribution in [1.29, 1.82) is 0 Å². The van der Waals surface area contributed by atoms with Gasteiger partial charge >= 0.3 is 11.9 Å². The van der Waals surface area contributed by atoms with Gasteiger partial charge in [-0.1, -0.05) is 48.8 Å². The van der Waals surface area contributed by atoms with E-state index in [2.05, 4.69) is 23.5 Å². The van der Waals surface area contributed by atoms with Gasteiger partial charge in [-0.2, -0.15) is 0 Å². The van der Waals surface area contributed by atoms with Crippen LogP contribution >= 0.6 is 0 Å². The number of hydrogen-bond acceptors (Lipinski definition) is 7. The number of hydrogen-bond donors (Lipinski definition) is 3. The van der Waals surface area contributed by atoms with Gasteiger partial charge in [-0.25, -0.2) is 0 Å². The average Bonchev–Trinajstić information content (AvgIpc) is 3.09. The molecule has 3 N–H and O–H groups in total. The first kappa shape index (κ1) is 36.8. The van der Waals surface area contributed by atoms with Crippen molar-refractivity contribution in [3.8, 4) is 11.5 Å². The first-order chi connectivity index (χ1) is 23.8. The van der Waals surface area contributed by atoms with E-state index in [1.54, 1.807) is 18.4 Å². The summed E-state index contributed by atoms with van der Waals surface area (Å²) in [7, 11) is 0. The number of rotatable bonds is 21. The van der Waals surface area contributed by atoms with Crippen LogP contribution in [0.2, 0.25) is 0 Å². The Morgan fingerprint density at radius 2 is 1.71 bits per heavy atom. The molecule has 262 valence electrons. The summed E-state index contributed by atoms with van der Waals surface area (Å²) in [5.41, 5.74) is 4.36. The number of aliphatic carboxylic acids is 2. The topological polar surface area (TPSA) is 141 Å². The smallest absolute Gasteiger partial charge is 0.303 e. The number of benzene rings is 2. The number of carboxylic acid groups (broad SMARTS) is 2. The Hall–Kier alpha value is -4.99. The van der Waals surface area contributed by atoms with Crippen molar-refractivity contribution in [2.75, 3.05) is 19.8 Å². The predicted molar refractivity (Wildman–Crippen MR) is 186 cm³/mol. The maximum absolute atomic E-state index is 12.8. The van der Waals surface area contributed by atoms with E-state index in [9.17, 15) is 19.5 Å². The van der Waals surface area contributed by atoms with Crippen molar-refractivity contribution >= 4 is 23.6 Å². The van der Waals surface area contributed by atoms with E-state index < -0.39 is 11.9 Å². The molecule has 10 nitrogen and oxygen atoms in total. The second-order valence-corrected chi connectivity index (χ2v) is 12.0. The zero-order valence-corrected chi connectivity index (χ0v) is 28.2. The summed E-state index contributed by atoms with van der Waals surface area (Å²) in [5.74, 6) is 0.465. The molecule has 2 aromatic carbocycles. The van der Waals surface area contributed by atoms with Gasteiger partial charge in [-0.3, -0.25) is 14.4 Å². The number of allylic oxidation sites excluding steroid dienone is 4. The van der Waals surface area contributed by atoms with Crippen LogP contribution in [0.5, 0.6) is 11.5 Å². The summed E-state index contributed by atoms with van der Waals surface area (Å²) in [6.45, 7) is 3.11. The molecule has 0 radical (unpaired) electrons. The van der Waals surface area contributed by atoms with E-state index in [0.29, 0.717) is 66.6 Å². The molecule has 2 aromatic rings. The molecular weight excluding hydrogens is 626 g/mol. The number of ether oxygens (including phenoxy) is 4.